The van der Waals surface area contributed by atoms with E-state index in [0.29, 0.717) is 13.0 Å². The van der Waals surface area contributed by atoms with Gasteiger partial charge < -0.3 is 15.0 Å². The molecule has 1 atom stereocenters. The second-order valence-electron chi connectivity index (χ2n) is 5.21. The van der Waals surface area contributed by atoms with Gasteiger partial charge in [0, 0.05) is 18.3 Å². The smallest absolute Gasteiger partial charge is 0.220 e. The van der Waals surface area contributed by atoms with Crippen LogP contribution >= 0.6 is 15.9 Å². The van der Waals surface area contributed by atoms with Crippen molar-refractivity contribution in [3.05, 3.63) is 29.8 Å². The van der Waals surface area contributed by atoms with Gasteiger partial charge in [0.25, 0.3) is 0 Å². The fourth-order valence-electron chi connectivity index (χ4n) is 2.13. The molecule has 0 aliphatic carbocycles. The van der Waals surface area contributed by atoms with Gasteiger partial charge in [0.2, 0.25) is 5.91 Å². The number of halogens is 1. The van der Waals surface area contributed by atoms with Crippen LogP contribution in [0.4, 0.5) is 0 Å². The molecular weight excluding hydrogens is 332 g/mol. The number of benzene rings is 1. The molecule has 118 valence electrons. The van der Waals surface area contributed by atoms with E-state index in [-0.39, 0.29) is 11.9 Å². The molecule has 0 heterocycles. The highest BCUT2D eigenvalue weighted by Crippen LogP contribution is 2.22. The van der Waals surface area contributed by atoms with Gasteiger partial charge in [-0.25, -0.2) is 0 Å². The lowest BCUT2D eigenvalue weighted by Gasteiger charge is -2.25. The van der Waals surface area contributed by atoms with Gasteiger partial charge in [0.15, 0.2) is 0 Å². The van der Waals surface area contributed by atoms with Crippen molar-refractivity contribution in [1.29, 1.82) is 0 Å². The summed E-state index contributed by atoms with van der Waals surface area (Å²) < 4.78 is 5.27. The van der Waals surface area contributed by atoms with Gasteiger partial charge in [-0.05, 0) is 44.6 Å². The molecule has 0 spiro atoms. The molecule has 1 amide bonds. The van der Waals surface area contributed by atoms with E-state index in [1.165, 1.54) is 0 Å². The van der Waals surface area contributed by atoms with E-state index in [2.05, 4.69) is 32.2 Å². The lowest BCUT2D eigenvalue weighted by atomic mass is 10.1. The number of rotatable bonds is 9. The Balaban J connectivity index is 2.59. The summed E-state index contributed by atoms with van der Waals surface area (Å²) in [4.78, 5) is 13.9. The third-order valence-electron chi connectivity index (χ3n) is 3.38. The number of hydrogen-bond donors (Lipinski definition) is 1. The Bertz CT molecular complexity index is 438. The molecule has 1 N–H and O–H groups in total. The van der Waals surface area contributed by atoms with Crippen molar-refractivity contribution in [3.8, 4) is 5.75 Å². The van der Waals surface area contributed by atoms with Crippen LogP contribution in [-0.2, 0) is 4.79 Å². The molecule has 0 fully saturated rings. The molecule has 1 unspecified atom stereocenters. The number of carbonyl (C=O) groups is 1. The van der Waals surface area contributed by atoms with E-state index in [0.717, 1.165) is 29.5 Å². The van der Waals surface area contributed by atoms with Crippen LogP contribution < -0.4 is 10.1 Å². The Morgan fingerprint density at radius 2 is 2.14 bits per heavy atom. The summed E-state index contributed by atoms with van der Waals surface area (Å²) in [5, 5.41) is 3.97. The quantitative estimate of drug-likeness (QED) is 0.546. The van der Waals surface area contributed by atoms with E-state index < -0.39 is 0 Å². The fourth-order valence-corrected chi connectivity index (χ4v) is 2.52. The molecule has 21 heavy (non-hydrogen) atoms. The van der Waals surface area contributed by atoms with Crippen LogP contribution in [-0.4, -0.2) is 43.9 Å². The summed E-state index contributed by atoms with van der Waals surface area (Å²) in [7, 11) is 5.69. The highest BCUT2D eigenvalue weighted by Gasteiger charge is 2.15. The number of amides is 1. The van der Waals surface area contributed by atoms with E-state index >= 15 is 0 Å². The molecule has 4 nitrogen and oxygen atoms in total. The van der Waals surface area contributed by atoms with Crippen LogP contribution in [0.5, 0.6) is 5.75 Å². The van der Waals surface area contributed by atoms with Crippen molar-refractivity contribution in [3.63, 3.8) is 0 Å². The molecule has 1 rings (SSSR count). The minimum absolute atomic E-state index is 0.116. The normalized spacial score (nSPS) is 12.2. The summed E-state index contributed by atoms with van der Waals surface area (Å²) in [5.41, 5.74) is 1.14. The molecule has 0 aliphatic rings. The van der Waals surface area contributed by atoms with Crippen LogP contribution in [0.1, 0.15) is 30.9 Å². The van der Waals surface area contributed by atoms with Crippen molar-refractivity contribution in [1.82, 2.24) is 10.2 Å². The Morgan fingerprint density at radius 3 is 2.76 bits per heavy atom. The van der Waals surface area contributed by atoms with Gasteiger partial charge in [0.05, 0.1) is 13.2 Å². The van der Waals surface area contributed by atoms with Gasteiger partial charge in [-0.15, -0.1) is 0 Å². The van der Waals surface area contributed by atoms with Crippen molar-refractivity contribution < 1.29 is 9.53 Å². The monoisotopic (exact) mass is 356 g/mol. The van der Waals surface area contributed by atoms with Crippen LogP contribution in [0.25, 0.3) is 0 Å². The van der Waals surface area contributed by atoms with Gasteiger partial charge in [-0.1, -0.05) is 28.1 Å². The number of nitrogens with one attached hydrogen (secondary N) is 1. The third kappa shape index (κ3) is 6.48. The standard InChI is InChI=1S/C16H25BrN2O2/c1-19(2)15(12-18-16(20)9-4-5-10-17)13-7-6-8-14(11-13)21-3/h6-8,11,15H,4-5,9-10,12H2,1-3H3,(H,18,20). The largest absolute Gasteiger partial charge is 0.497 e. The molecule has 0 saturated heterocycles. The summed E-state index contributed by atoms with van der Waals surface area (Å²) in [5.74, 6) is 0.952. The topological polar surface area (TPSA) is 41.6 Å². The van der Waals surface area contributed by atoms with Gasteiger partial charge >= 0.3 is 0 Å². The minimum Gasteiger partial charge on any atom is -0.497 e. The Morgan fingerprint density at radius 1 is 1.38 bits per heavy atom. The molecule has 0 aliphatic heterocycles. The first-order valence-electron chi connectivity index (χ1n) is 7.21. The van der Waals surface area contributed by atoms with Crippen LogP contribution in [0, 0.1) is 0 Å². The Kier molecular flexibility index (Phi) is 8.38. The maximum atomic E-state index is 11.8. The summed E-state index contributed by atoms with van der Waals surface area (Å²) in [6.07, 6.45) is 2.53. The fraction of sp³-hybridized carbons (Fsp3) is 0.562. The van der Waals surface area contributed by atoms with Gasteiger partial charge in [0.1, 0.15) is 5.75 Å². The zero-order valence-electron chi connectivity index (χ0n) is 13.1. The Labute approximate surface area is 136 Å². The first-order valence-corrected chi connectivity index (χ1v) is 8.33. The zero-order valence-corrected chi connectivity index (χ0v) is 14.6. The highest BCUT2D eigenvalue weighted by molar-refractivity contribution is 9.09. The number of carbonyl (C=O) groups excluding carboxylic acids is 1. The van der Waals surface area contributed by atoms with E-state index in [4.69, 9.17) is 4.74 Å². The lowest BCUT2D eigenvalue weighted by molar-refractivity contribution is -0.121. The van der Waals surface area contributed by atoms with Gasteiger partial charge in [-0.2, -0.15) is 0 Å². The number of likely N-dealkylation sites (N-methyl/N-ethyl adjacent to an activating group) is 1. The number of hydrogen-bond acceptors (Lipinski definition) is 3. The average molecular weight is 357 g/mol. The summed E-state index contributed by atoms with van der Waals surface area (Å²) in [6, 6.07) is 8.11. The molecular formula is C16H25BrN2O2. The average Bonchev–Trinajstić information content (AvgIpc) is 2.47. The second kappa shape index (κ2) is 9.79. The first kappa shape index (κ1) is 18.0. The van der Waals surface area contributed by atoms with Crippen molar-refractivity contribution in [2.75, 3.05) is 33.1 Å². The molecule has 1 aromatic carbocycles. The molecule has 0 aromatic heterocycles. The lowest BCUT2D eigenvalue weighted by Crippen LogP contribution is -2.34. The van der Waals surface area contributed by atoms with E-state index in [9.17, 15) is 4.79 Å². The van der Waals surface area contributed by atoms with Crippen molar-refractivity contribution >= 4 is 21.8 Å². The minimum atomic E-state index is 0.116. The maximum Gasteiger partial charge on any atom is 0.220 e. The summed E-state index contributed by atoms with van der Waals surface area (Å²) in [6.45, 7) is 0.604. The number of alkyl halides is 1. The predicted octanol–water partition coefficient (Wildman–Crippen LogP) is 2.98. The van der Waals surface area contributed by atoms with Gasteiger partial charge in [-0.3, -0.25) is 4.79 Å². The molecule has 0 saturated carbocycles. The highest BCUT2D eigenvalue weighted by atomic mass is 79.9. The third-order valence-corrected chi connectivity index (χ3v) is 3.94. The predicted molar refractivity (Wildman–Crippen MR) is 90.1 cm³/mol. The van der Waals surface area contributed by atoms with Crippen LogP contribution in [0.2, 0.25) is 0 Å². The number of methoxy groups -OCH3 is 1. The molecule has 1 aromatic rings. The van der Waals surface area contributed by atoms with Crippen LogP contribution in [0.3, 0.4) is 0 Å². The SMILES string of the molecule is COc1cccc(C(CNC(=O)CCCCBr)N(C)C)c1. The van der Waals surface area contributed by atoms with Crippen LogP contribution in [0.15, 0.2) is 24.3 Å². The van der Waals surface area contributed by atoms with Crippen molar-refractivity contribution in [2.45, 2.75) is 25.3 Å². The summed E-state index contributed by atoms with van der Waals surface area (Å²) >= 11 is 3.37. The zero-order chi connectivity index (χ0) is 15.7. The Hall–Kier alpha value is -1.07. The number of unbranched alkanes of at least 4 members (excludes halogenated alkanes) is 1. The van der Waals surface area contributed by atoms with E-state index in [1.54, 1.807) is 7.11 Å². The second-order valence-corrected chi connectivity index (χ2v) is 6.00. The molecule has 5 heteroatoms. The molecule has 0 radical (unpaired) electrons. The van der Waals surface area contributed by atoms with E-state index in [1.807, 2.05) is 32.3 Å². The van der Waals surface area contributed by atoms with Crippen molar-refractivity contribution in [2.24, 2.45) is 0 Å². The number of ether oxygens (including phenoxy) is 1. The first-order chi connectivity index (χ1) is 10.1. The number of nitrogens with zero attached hydrogens (tertiary/aromatic N) is 1. The maximum absolute atomic E-state index is 11.8. The molecule has 0 bridgehead atoms.